The van der Waals surface area contributed by atoms with Crippen LogP contribution in [0.15, 0.2) is 24.3 Å². The minimum atomic E-state index is -6.97. The van der Waals surface area contributed by atoms with E-state index in [0.717, 1.165) is 45.2 Å². The van der Waals surface area contributed by atoms with Crippen LogP contribution >= 0.6 is 0 Å². The smallest absolute Gasteiger partial charge is 0.427 e. The quantitative estimate of drug-likeness (QED) is 0.336. The minimum absolute atomic E-state index is 0.0459. The van der Waals surface area contributed by atoms with Crippen LogP contribution in [-0.4, -0.2) is 37.0 Å². The third kappa shape index (κ3) is 4.36. The summed E-state index contributed by atoms with van der Waals surface area (Å²) < 4.78 is 127. The molecule has 12 heteroatoms. The summed E-state index contributed by atoms with van der Waals surface area (Å²) in [6.45, 7) is 1.88. The fourth-order valence-corrected chi connectivity index (χ4v) is 2.28. The Balaban J connectivity index is 3.26. The summed E-state index contributed by atoms with van der Waals surface area (Å²) >= 11 is 0. The number of carbonyl (C=O) groups is 1. The topological polar surface area (TPSA) is 35.5 Å². The normalized spacial score (nSPS) is 15.9. The highest BCUT2D eigenvalue weighted by molar-refractivity contribution is 5.69. The van der Waals surface area contributed by atoms with Gasteiger partial charge in [-0.15, -0.1) is 0 Å². The fraction of sp³-hybridized carbons (Fsp3) is 0.562. The van der Waals surface area contributed by atoms with E-state index < -0.39 is 41.9 Å². The number of hydrogen-bond acceptors (Lipinski definition) is 3. The summed E-state index contributed by atoms with van der Waals surface area (Å²) in [4.78, 5) is 10.8. The van der Waals surface area contributed by atoms with Gasteiger partial charge in [-0.25, -0.2) is 0 Å². The molecule has 0 saturated heterocycles. The van der Waals surface area contributed by atoms with Gasteiger partial charge in [-0.2, -0.15) is 39.5 Å². The lowest BCUT2D eigenvalue weighted by Crippen LogP contribution is -2.62. The van der Waals surface area contributed by atoms with Gasteiger partial charge in [0.2, 0.25) is 0 Å². The molecule has 0 saturated carbocycles. The lowest BCUT2D eigenvalue weighted by molar-refractivity contribution is -0.400. The standard InChI is InChI=1S/C16H15F9O3/c1-9(26)28-11-6-4-10(5-7-11)12(2,27-3)8-13(17,18)14(19,20)15(21,22)16(23,24)25/h4-7H,8H2,1-3H3. The molecule has 0 radical (unpaired) electrons. The van der Waals surface area contributed by atoms with Crippen molar-refractivity contribution in [3.05, 3.63) is 29.8 Å². The first-order valence-corrected chi connectivity index (χ1v) is 7.45. The summed E-state index contributed by atoms with van der Waals surface area (Å²) in [5.41, 5.74) is -2.62. The first-order chi connectivity index (χ1) is 12.4. The molecule has 1 rings (SSSR count). The van der Waals surface area contributed by atoms with Crippen LogP contribution < -0.4 is 4.74 Å². The van der Waals surface area contributed by atoms with E-state index in [1.54, 1.807) is 0 Å². The zero-order chi connectivity index (χ0) is 22.2. The Morgan fingerprint density at radius 3 is 1.71 bits per heavy atom. The van der Waals surface area contributed by atoms with Crippen molar-refractivity contribution in [2.45, 2.75) is 49.8 Å². The summed E-state index contributed by atoms with van der Waals surface area (Å²) in [5, 5.41) is 0. The van der Waals surface area contributed by atoms with Crippen LogP contribution in [0.1, 0.15) is 25.8 Å². The van der Waals surface area contributed by atoms with Crippen LogP contribution in [0.5, 0.6) is 5.75 Å². The number of hydrogen-bond donors (Lipinski definition) is 0. The first kappa shape index (κ1) is 24.1. The molecular formula is C16H15F9O3. The molecular weight excluding hydrogens is 411 g/mol. The molecule has 28 heavy (non-hydrogen) atoms. The van der Waals surface area contributed by atoms with Crippen molar-refractivity contribution >= 4 is 5.97 Å². The Bertz CT molecular complexity index is 698. The van der Waals surface area contributed by atoms with Gasteiger partial charge in [0.15, 0.2) is 0 Å². The Hall–Kier alpha value is -1.98. The molecule has 3 nitrogen and oxygen atoms in total. The molecule has 0 aromatic heterocycles. The summed E-state index contributed by atoms with van der Waals surface area (Å²) in [7, 11) is 0.788. The molecule has 0 aliphatic rings. The molecule has 0 aliphatic heterocycles. The third-order valence-electron chi connectivity index (χ3n) is 3.95. The second-order valence-corrected chi connectivity index (χ2v) is 6.08. The SMILES string of the molecule is COC(C)(CC(F)(F)C(F)(F)C(F)(F)C(F)(F)F)c1ccc(OC(C)=O)cc1. The van der Waals surface area contributed by atoms with Gasteiger partial charge < -0.3 is 9.47 Å². The van der Waals surface area contributed by atoms with Crippen LogP contribution in [0.4, 0.5) is 39.5 Å². The molecule has 0 heterocycles. The van der Waals surface area contributed by atoms with E-state index in [1.165, 1.54) is 0 Å². The number of esters is 1. The molecule has 1 aromatic carbocycles. The Labute approximate surface area is 153 Å². The maximum Gasteiger partial charge on any atom is 0.460 e. The molecule has 0 fully saturated rings. The van der Waals surface area contributed by atoms with Crippen LogP contribution in [0, 0.1) is 0 Å². The number of alkyl halides is 9. The van der Waals surface area contributed by atoms with Gasteiger partial charge in [0.05, 0.1) is 12.0 Å². The van der Waals surface area contributed by atoms with Crippen LogP contribution in [-0.2, 0) is 15.1 Å². The van der Waals surface area contributed by atoms with E-state index in [0.29, 0.717) is 0 Å². The highest BCUT2D eigenvalue weighted by Gasteiger charge is 2.82. The molecule has 0 bridgehead atoms. The molecule has 160 valence electrons. The number of methoxy groups -OCH3 is 1. The lowest BCUT2D eigenvalue weighted by Gasteiger charge is -2.38. The van der Waals surface area contributed by atoms with E-state index in [4.69, 9.17) is 4.74 Å². The van der Waals surface area contributed by atoms with Crippen molar-refractivity contribution in [3.63, 3.8) is 0 Å². The van der Waals surface area contributed by atoms with Gasteiger partial charge in [0.1, 0.15) is 5.75 Å². The minimum Gasteiger partial charge on any atom is -0.427 e. The Kier molecular flexibility index (Phi) is 6.40. The van der Waals surface area contributed by atoms with Gasteiger partial charge in [0.25, 0.3) is 0 Å². The van der Waals surface area contributed by atoms with Crippen molar-refractivity contribution in [3.8, 4) is 5.75 Å². The van der Waals surface area contributed by atoms with E-state index in [9.17, 15) is 44.3 Å². The lowest BCUT2D eigenvalue weighted by atomic mass is 9.86. The molecule has 0 aliphatic carbocycles. The van der Waals surface area contributed by atoms with Crippen LogP contribution in [0.3, 0.4) is 0 Å². The highest BCUT2D eigenvalue weighted by Crippen LogP contribution is 2.56. The van der Waals surface area contributed by atoms with E-state index >= 15 is 0 Å². The average molecular weight is 426 g/mol. The van der Waals surface area contributed by atoms with Gasteiger partial charge in [-0.1, -0.05) is 12.1 Å². The number of benzene rings is 1. The predicted molar refractivity (Wildman–Crippen MR) is 77.6 cm³/mol. The van der Waals surface area contributed by atoms with Crippen LogP contribution in [0.25, 0.3) is 0 Å². The molecule has 0 amide bonds. The van der Waals surface area contributed by atoms with Gasteiger partial charge >= 0.3 is 29.9 Å². The maximum absolute atomic E-state index is 14.0. The van der Waals surface area contributed by atoms with Crippen molar-refractivity contribution in [1.29, 1.82) is 0 Å². The molecule has 0 N–H and O–H groups in total. The number of carbonyl (C=O) groups excluding carboxylic acids is 1. The Morgan fingerprint density at radius 2 is 1.36 bits per heavy atom. The molecule has 0 spiro atoms. The van der Waals surface area contributed by atoms with E-state index in [1.807, 2.05) is 0 Å². The maximum atomic E-state index is 14.0. The van der Waals surface area contributed by atoms with E-state index in [2.05, 4.69) is 4.74 Å². The van der Waals surface area contributed by atoms with Crippen molar-refractivity contribution in [2.75, 3.05) is 7.11 Å². The van der Waals surface area contributed by atoms with E-state index in [-0.39, 0.29) is 11.3 Å². The second kappa shape index (κ2) is 7.45. The van der Waals surface area contributed by atoms with Gasteiger partial charge in [-0.05, 0) is 24.6 Å². The molecule has 1 aromatic rings. The largest absolute Gasteiger partial charge is 0.460 e. The zero-order valence-electron chi connectivity index (χ0n) is 14.6. The molecule has 1 atom stereocenters. The fourth-order valence-electron chi connectivity index (χ4n) is 2.28. The first-order valence-electron chi connectivity index (χ1n) is 7.45. The summed E-state index contributed by atoms with van der Waals surface area (Å²) in [5.74, 6) is -20.3. The van der Waals surface area contributed by atoms with Gasteiger partial charge in [-0.3, -0.25) is 4.79 Å². The highest BCUT2D eigenvalue weighted by atomic mass is 19.4. The summed E-state index contributed by atoms with van der Waals surface area (Å²) in [6.07, 6.45) is -9.09. The van der Waals surface area contributed by atoms with Crippen LogP contribution in [0.2, 0.25) is 0 Å². The van der Waals surface area contributed by atoms with Gasteiger partial charge in [0, 0.05) is 14.0 Å². The average Bonchev–Trinajstić information content (AvgIpc) is 2.53. The molecule has 1 unspecified atom stereocenters. The monoisotopic (exact) mass is 426 g/mol. The number of halogens is 9. The second-order valence-electron chi connectivity index (χ2n) is 6.08. The predicted octanol–water partition coefficient (Wildman–Crippen LogP) is 5.33. The number of rotatable bonds is 7. The van der Waals surface area contributed by atoms with Crippen molar-refractivity contribution in [1.82, 2.24) is 0 Å². The van der Waals surface area contributed by atoms with Crippen molar-refractivity contribution < 1.29 is 53.8 Å². The number of ether oxygens (including phenoxy) is 2. The Morgan fingerprint density at radius 1 is 0.893 bits per heavy atom. The third-order valence-corrected chi connectivity index (χ3v) is 3.95. The zero-order valence-corrected chi connectivity index (χ0v) is 14.6. The van der Waals surface area contributed by atoms with Crippen molar-refractivity contribution in [2.24, 2.45) is 0 Å². The summed E-state index contributed by atoms with van der Waals surface area (Å²) in [6, 6.07) is 4.18.